The predicted octanol–water partition coefficient (Wildman–Crippen LogP) is 0.0735. The van der Waals surface area contributed by atoms with E-state index in [9.17, 15) is 9.59 Å². The van der Waals surface area contributed by atoms with E-state index in [1.807, 2.05) is 16.8 Å². The molecule has 1 aromatic heterocycles. The number of thiophene rings is 1. The van der Waals surface area contributed by atoms with Gasteiger partial charge in [0.15, 0.2) is 0 Å². The van der Waals surface area contributed by atoms with Gasteiger partial charge in [0.1, 0.15) is 6.04 Å². The number of primary amides is 1. The Morgan fingerprint density at radius 1 is 1.60 bits per heavy atom. The van der Waals surface area contributed by atoms with Crippen LogP contribution in [0.4, 0.5) is 4.79 Å². The fraction of sp³-hybridized carbons (Fsp3) is 0.333. The lowest BCUT2D eigenvalue weighted by Gasteiger charge is -2.14. The van der Waals surface area contributed by atoms with Crippen LogP contribution in [0.15, 0.2) is 16.8 Å². The molecule has 1 unspecified atom stereocenters. The Hall–Kier alpha value is -1.56. The molecule has 0 saturated heterocycles. The van der Waals surface area contributed by atoms with Gasteiger partial charge < -0.3 is 16.4 Å². The van der Waals surface area contributed by atoms with Crippen LogP contribution >= 0.6 is 11.3 Å². The van der Waals surface area contributed by atoms with Gasteiger partial charge in [-0.2, -0.15) is 11.3 Å². The molecule has 15 heavy (non-hydrogen) atoms. The molecule has 0 bridgehead atoms. The van der Waals surface area contributed by atoms with E-state index in [2.05, 4.69) is 10.6 Å². The molecule has 0 saturated carbocycles. The number of carbonyl (C=O) groups is 2. The molecule has 0 aliphatic carbocycles. The van der Waals surface area contributed by atoms with Crippen molar-refractivity contribution in [3.05, 3.63) is 22.4 Å². The molecule has 0 fully saturated rings. The largest absolute Gasteiger partial charge is 0.368 e. The van der Waals surface area contributed by atoms with Gasteiger partial charge in [-0.3, -0.25) is 4.79 Å². The smallest absolute Gasteiger partial charge is 0.315 e. The van der Waals surface area contributed by atoms with E-state index < -0.39 is 18.0 Å². The highest BCUT2D eigenvalue weighted by Crippen LogP contribution is 2.08. The van der Waals surface area contributed by atoms with Crippen LogP contribution in [0.3, 0.4) is 0 Å². The van der Waals surface area contributed by atoms with Gasteiger partial charge in [0.05, 0.1) is 0 Å². The fourth-order valence-electron chi connectivity index (χ4n) is 1.10. The van der Waals surface area contributed by atoms with Crippen LogP contribution in [0.5, 0.6) is 0 Å². The number of carbonyl (C=O) groups excluding carboxylic acids is 2. The number of urea groups is 1. The highest BCUT2D eigenvalue weighted by Gasteiger charge is 2.17. The van der Waals surface area contributed by atoms with E-state index in [1.54, 1.807) is 0 Å². The van der Waals surface area contributed by atoms with Crippen molar-refractivity contribution in [2.24, 2.45) is 5.73 Å². The molecule has 0 aliphatic heterocycles. The Balaban J connectivity index is 2.59. The van der Waals surface area contributed by atoms with Crippen molar-refractivity contribution in [1.82, 2.24) is 10.6 Å². The van der Waals surface area contributed by atoms with E-state index in [0.29, 0.717) is 6.42 Å². The van der Waals surface area contributed by atoms with E-state index >= 15 is 0 Å². The van der Waals surface area contributed by atoms with Crippen LogP contribution < -0.4 is 16.4 Å². The van der Waals surface area contributed by atoms with Crippen molar-refractivity contribution in [1.29, 1.82) is 0 Å². The highest BCUT2D eigenvalue weighted by molar-refractivity contribution is 7.07. The van der Waals surface area contributed by atoms with Gasteiger partial charge in [-0.15, -0.1) is 0 Å². The first kappa shape index (κ1) is 11.5. The third-order valence-electron chi connectivity index (χ3n) is 1.90. The second kappa shape index (κ2) is 5.35. The molecule has 1 heterocycles. The maximum atomic E-state index is 11.1. The maximum absolute atomic E-state index is 11.1. The van der Waals surface area contributed by atoms with Crippen LogP contribution in [-0.4, -0.2) is 25.0 Å². The third kappa shape index (κ3) is 3.59. The summed E-state index contributed by atoms with van der Waals surface area (Å²) in [6.07, 6.45) is 0.423. The first-order chi connectivity index (χ1) is 7.13. The molecule has 1 rings (SSSR count). The SMILES string of the molecule is CNC(=O)NC(Cc1ccsc1)C(N)=O. The van der Waals surface area contributed by atoms with Crippen molar-refractivity contribution < 1.29 is 9.59 Å². The van der Waals surface area contributed by atoms with Gasteiger partial charge in [-0.1, -0.05) is 0 Å². The average molecular weight is 227 g/mol. The van der Waals surface area contributed by atoms with E-state index in [0.717, 1.165) is 5.56 Å². The standard InChI is InChI=1S/C9H13N3O2S/c1-11-9(14)12-7(8(10)13)4-6-2-3-15-5-6/h2-3,5,7H,4H2,1H3,(H2,10,13)(H2,11,12,14). The summed E-state index contributed by atoms with van der Waals surface area (Å²) in [5.41, 5.74) is 6.16. The molecule has 0 radical (unpaired) electrons. The minimum Gasteiger partial charge on any atom is -0.368 e. The fourth-order valence-corrected chi connectivity index (χ4v) is 1.78. The minimum atomic E-state index is -0.667. The van der Waals surface area contributed by atoms with Crippen molar-refractivity contribution in [2.45, 2.75) is 12.5 Å². The van der Waals surface area contributed by atoms with Crippen LogP contribution in [0.25, 0.3) is 0 Å². The molecule has 0 spiro atoms. The number of nitrogens with one attached hydrogen (secondary N) is 2. The first-order valence-corrected chi connectivity index (χ1v) is 5.36. The van der Waals surface area contributed by atoms with Gasteiger partial charge in [0, 0.05) is 13.5 Å². The van der Waals surface area contributed by atoms with E-state index in [4.69, 9.17) is 5.73 Å². The number of amides is 3. The number of hydrogen-bond donors (Lipinski definition) is 3. The quantitative estimate of drug-likeness (QED) is 0.680. The van der Waals surface area contributed by atoms with Gasteiger partial charge in [-0.25, -0.2) is 4.79 Å². The van der Waals surface area contributed by atoms with Gasteiger partial charge in [0.25, 0.3) is 0 Å². The van der Waals surface area contributed by atoms with Crippen LogP contribution in [0.2, 0.25) is 0 Å². The van der Waals surface area contributed by atoms with Crippen LogP contribution in [-0.2, 0) is 11.2 Å². The Morgan fingerprint density at radius 2 is 2.33 bits per heavy atom. The molecule has 1 aromatic rings. The third-order valence-corrected chi connectivity index (χ3v) is 2.63. The maximum Gasteiger partial charge on any atom is 0.315 e. The van der Waals surface area contributed by atoms with Crippen molar-refractivity contribution in [2.75, 3.05) is 7.05 Å². The monoisotopic (exact) mass is 227 g/mol. The summed E-state index contributed by atoms with van der Waals surface area (Å²) in [4.78, 5) is 22.1. The second-order valence-electron chi connectivity index (χ2n) is 3.01. The van der Waals surface area contributed by atoms with E-state index in [1.165, 1.54) is 18.4 Å². The van der Waals surface area contributed by atoms with Crippen molar-refractivity contribution >= 4 is 23.3 Å². The summed E-state index contributed by atoms with van der Waals surface area (Å²) in [5, 5.41) is 8.69. The van der Waals surface area contributed by atoms with Gasteiger partial charge in [-0.05, 0) is 22.4 Å². The Labute approximate surface area is 91.7 Å². The lowest BCUT2D eigenvalue weighted by atomic mass is 10.1. The summed E-state index contributed by atoms with van der Waals surface area (Å²) in [5.74, 6) is -0.537. The lowest BCUT2D eigenvalue weighted by molar-refractivity contribution is -0.119. The number of hydrogen-bond acceptors (Lipinski definition) is 3. The van der Waals surface area contributed by atoms with E-state index in [-0.39, 0.29) is 0 Å². The minimum absolute atomic E-state index is 0.408. The Morgan fingerprint density at radius 3 is 2.80 bits per heavy atom. The van der Waals surface area contributed by atoms with Crippen molar-refractivity contribution in [3.63, 3.8) is 0 Å². The molecule has 4 N–H and O–H groups in total. The molecule has 1 atom stereocenters. The summed E-state index contributed by atoms with van der Waals surface area (Å²) in [7, 11) is 1.48. The lowest BCUT2D eigenvalue weighted by Crippen LogP contribution is -2.48. The second-order valence-corrected chi connectivity index (χ2v) is 3.79. The highest BCUT2D eigenvalue weighted by atomic mass is 32.1. The summed E-state index contributed by atoms with van der Waals surface area (Å²) >= 11 is 1.54. The Kier molecular flexibility index (Phi) is 4.11. The topological polar surface area (TPSA) is 84.2 Å². The average Bonchev–Trinajstić information content (AvgIpc) is 2.69. The van der Waals surface area contributed by atoms with Crippen LogP contribution in [0.1, 0.15) is 5.56 Å². The predicted molar refractivity (Wildman–Crippen MR) is 58.6 cm³/mol. The normalized spacial score (nSPS) is 11.8. The zero-order valence-corrected chi connectivity index (χ0v) is 9.14. The molecular formula is C9H13N3O2S. The molecule has 3 amide bonds. The molecule has 6 heteroatoms. The Bertz CT molecular complexity index is 337. The molecule has 5 nitrogen and oxygen atoms in total. The van der Waals surface area contributed by atoms with Crippen LogP contribution in [0, 0.1) is 0 Å². The van der Waals surface area contributed by atoms with Gasteiger partial charge >= 0.3 is 6.03 Å². The van der Waals surface area contributed by atoms with Crippen molar-refractivity contribution in [3.8, 4) is 0 Å². The molecule has 82 valence electrons. The summed E-state index contributed by atoms with van der Waals surface area (Å²) in [6.45, 7) is 0. The molecule has 0 aromatic carbocycles. The molecule has 0 aliphatic rings. The summed E-state index contributed by atoms with van der Waals surface area (Å²) < 4.78 is 0. The number of rotatable bonds is 4. The zero-order valence-electron chi connectivity index (χ0n) is 8.32. The first-order valence-electron chi connectivity index (χ1n) is 4.42. The van der Waals surface area contributed by atoms with Gasteiger partial charge in [0.2, 0.25) is 5.91 Å². The zero-order chi connectivity index (χ0) is 11.3. The molecular weight excluding hydrogens is 214 g/mol. The summed E-state index contributed by atoms with van der Waals surface area (Å²) in [6, 6.07) is 0.820. The number of nitrogens with two attached hydrogens (primary N) is 1.